The summed E-state index contributed by atoms with van der Waals surface area (Å²) in [5, 5.41) is 10.8. The highest BCUT2D eigenvalue weighted by Crippen LogP contribution is 2.35. The Morgan fingerprint density at radius 1 is 1.24 bits per heavy atom. The van der Waals surface area contributed by atoms with Crippen molar-refractivity contribution in [2.75, 3.05) is 32.0 Å². The molecule has 6 nitrogen and oxygen atoms in total. The summed E-state index contributed by atoms with van der Waals surface area (Å²) in [6.45, 7) is 2.81. The second kappa shape index (κ2) is 9.34. The van der Waals surface area contributed by atoms with Crippen molar-refractivity contribution >= 4 is 24.0 Å². The smallest absolute Gasteiger partial charge is 0.290 e. The quantitative estimate of drug-likeness (QED) is 0.814. The lowest BCUT2D eigenvalue weighted by Gasteiger charge is -2.41. The number of aromatic nitrogens is 2. The van der Waals surface area contributed by atoms with Crippen LogP contribution < -0.4 is 5.32 Å². The molecule has 1 aromatic heterocycles. The van der Waals surface area contributed by atoms with E-state index < -0.39 is 0 Å². The molecule has 25 heavy (non-hydrogen) atoms. The van der Waals surface area contributed by atoms with Gasteiger partial charge in [-0.25, -0.2) is 9.97 Å². The summed E-state index contributed by atoms with van der Waals surface area (Å²) in [4.78, 5) is 19.2. The zero-order chi connectivity index (χ0) is 18.1. The Labute approximate surface area is 152 Å². The van der Waals surface area contributed by atoms with Gasteiger partial charge in [0.1, 0.15) is 0 Å². The SMILES string of the molecule is CN1CCC(CNc2ncc(Cl)cn2)(c2ccccc2)CC1.O=CO. The van der Waals surface area contributed by atoms with E-state index in [1.54, 1.807) is 12.4 Å². The number of nitrogens with zero attached hydrogens (tertiary/aromatic N) is 3. The Morgan fingerprint density at radius 2 is 1.80 bits per heavy atom. The van der Waals surface area contributed by atoms with E-state index in [2.05, 4.69) is 57.6 Å². The molecule has 0 aliphatic carbocycles. The molecule has 2 N–H and O–H groups in total. The first kappa shape index (κ1) is 19.1. The van der Waals surface area contributed by atoms with Gasteiger partial charge in [0.25, 0.3) is 6.47 Å². The topological polar surface area (TPSA) is 78.3 Å². The molecule has 1 saturated heterocycles. The molecule has 134 valence electrons. The van der Waals surface area contributed by atoms with Crippen LogP contribution in [0.4, 0.5) is 5.95 Å². The predicted molar refractivity (Wildman–Crippen MR) is 99.1 cm³/mol. The second-order valence-corrected chi connectivity index (χ2v) is 6.57. The van der Waals surface area contributed by atoms with E-state index in [-0.39, 0.29) is 11.9 Å². The standard InChI is InChI=1S/C17H21ClN4.CH2O2/c1-22-9-7-17(8-10-22,14-5-3-2-4-6-14)13-21-16-19-11-15(18)12-20-16;2-1-3/h2-6,11-12H,7-10,13H2,1H3,(H,19,20,21);1H,(H,2,3). The van der Waals surface area contributed by atoms with Crippen molar-refractivity contribution in [3.05, 3.63) is 53.3 Å². The minimum atomic E-state index is -0.250. The summed E-state index contributed by atoms with van der Waals surface area (Å²) < 4.78 is 0. The highest BCUT2D eigenvalue weighted by Gasteiger charge is 2.35. The normalized spacial score (nSPS) is 16.4. The molecule has 1 aliphatic heterocycles. The molecule has 0 bridgehead atoms. The average Bonchev–Trinajstić information content (AvgIpc) is 2.64. The van der Waals surface area contributed by atoms with Crippen LogP contribution in [-0.4, -0.2) is 53.1 Å². The first-order valence-electron chi connectivity index (χ1n) is 8.13. The Bertz CT molecular complexity index is 644. The molecule has 1 aromatic carbocycles. The zero-order valence-corrected chi connectivity index (χ0v) is 15.0. The van der Waals surface area contributed by atoms with E-state index in [9.17, 15) is 0 Å². The largest absolute Gasteiger partial charge is 0.483 e. The van der Waals surface area contributed by atoms with E-state index in [1.165, 1.54) is 5.56 Å². The van der Waals surface area contributed by atoms with Crippen LogP contribution in [0.25, 0.3) is 0 Å². The molecule has 2 aromatic rings. The number of likely N-dealkylation sites (tertiary alicyclic amines) is 1. The van der Waals surface area contributed by atoms with E-state index in [4.69, 9.17) is 21.5 Å². The van der Waals surface area contributed by atoms with Gasteiger partial charge in [0, 0.05) is 12.0 Å². The maximum atomic E-state index is 8.36. The molecule has 1 aliphatic rings. The molecule has 3 rings (SSSR count). The molecule has 1 fully saturated rings. The third kappa shape index (κ3) is 5.41. The van der Waals surface area contributed by atoms with Crippen molar-refractivity contribution in [1.29, 1.82) is 0 Å². The third-order valence-corrected chi connectivity index (χ3v) is 4.73. The lowest BCUT2D eigenvalue weighted by atomic mass is 9.72. The number of benzene rings is 1. The molecule has 0 saturated carbocycles. The number of nitrogens with one attached hydrogen (secondary N) is 1. The first-order valence-corrected chi connectivity index (χ1v) is 8.51. The molecule has 0 unspecified atom stereocenters. The summed E-state index contributed by atoms with van der Waals surface area (Å²) >= 11 is 5.84. The maximum Gasteiger partial charge on any atom is 0.290 e. The number of halogens is 1. The minimum absolute atomic E-state index is 0.136. The van der Waals surface area contributed by atoms with E-state index in [1.807, 2.05) is 0 Å². The summed E-state index contributed by atoms with van der Waals surface area (Å²) in [5.41, 5.74) is 1.53. The van der Waals surface area contributed by atoms with Crippen molar-refractivity contribution in [1.82, 2.24) is 14.9 Å². The molecule has 0 amide bonds. The van der Waals surface area contributed by atoms with Crippen molar-refractivity contribution in [3.63, 3.8) is 0 Å². The van der Waals surface area contributed by atoms with Gasteiger partial charge in [0.2, 0.25) is 5.95 Å². The number of hydrogen-bond donors (Lipinski definition) is 2. The van der Waals surface area contributed by atoms with Gasteiger partial charge in [-0.3, -0.25) is 4.79 Å². The highest BCUT2D eigenvalue weighted by molar-refractivity contribution is 6.30. The van der Waals surface area contributed by atoms with Crippen LogP contribution in [0.5, 0.6) is 0 Å². The second-order valence-electron chi connectivity index (χ2n) is 6.13. The number of carboxylic acid groups (broad SMARTS) is 1. The van der Waals surface area contributed by atoms with Crippen LogP contribution in [0.15, 0.2) is 42.7 Å². The van der Waals surface area contributed by atoms with Crippen molar-refractivity contribution in [3.8, 4) is 0 Å². The van der Waals surface area contributed by atoms with Gasteiger partial charge in [0.05, 0.1) is 17.4 Å². The van der Waals surface area contributed by atoms with Gasteiger partial charge in [-0.05, 0) is 38.5 Å². The summed E-state index contributed by atoms with van der Waals surface area (Å²) in [6.07, 6.45) is 5.52. The first-order chi connectivity index (χ1) is 12.1. The van der Waals surface area contributed by atoms with E-state index in [0.717, 1.165) is 32.5 Å². The average molecular weight is 363 g/mol. The van der Waals surface area contributed by atoms with Crippen LogP contribution in [0.3, 0.4) is 0 Å². The Kier molecular flexibility index (Phi) is 7.16. The third-order valence-electron chi connectivity index (χ3n) is 4.54. The van der Waals surface area contributed by atoms with Gasteiger partial charge < -0.3 is 15.3 Å². The molecular weight excluding hydrogens is 340 g/mol. The van der Waals surface area contributed by atoms with Crippen molar-refractivity contribution in [2.24, 2.45) is 0 Å². The Balaban J connectivity index is 0.000000701. The molecule has 0 spiro atoms. The van der Waals surface area contributed by atoms with Crippen molar-refractivity contribution in [2.45, 2.75) is 18.3 Å². The lowest BCUT2D eigenvalue weighted by Crippen LogP contribution is -2.45. The molecule has 0 atom stereocenters. The fraction of sp³-hybridized carbons (Fsp3) is 0.389. The van der Waals surface area contributed by atoms with Gasteiger partial charge in [-0.2, -0.15) is 0 Å². The van der Waals surface area contributed by atoms with Crippen LogP contribution in [0.1, 0.15) is 18.4 Å². The predicted octanol–water partition coefficient (Wildman–Crippen LogP) is 2.91. The maximum absolute atomic E-state index is 8.36. The van der Waals surface area contributed by atoms with Gasteiger partial charge in [-0.1, -0.05) is 41.9 Å². The number of piperidine rings is 1. The van der Waals surface area contributed by atoms with Gasteiger partial charge in [-0.15, -0.1) is 0 Å². The lowest BCUT2D eigenvalue weighted by molar-refractivity contribution is -0.122. The summed E-state index contributed by atoms with van der Waals surface area (Å²) in [7, 11) is 2.19. The van der Waals surface area contributed by atoms with E-state index >= 15 is 0 Å². The van der Waals surface area contributed by atoms with Crippen LogP contribution in [-0.2, 0) is 10.2 Å². The number of hydrogen-bond acceptors (Lipinski definition) is 5. The molecular formula is C18H23ClN4O2. The fourth-order valence-electron chi connectivity index (χ4n) is 3.06. The number of rotatable bonds is 4. The fourth-order valence-corrected chi connectivity index (χ4v) is 3.16. The molecule has 0 radical (unpaired) electrons. The van der Waals surface area contributed by atoms with Gasteiger partial charge >= 0.3 is 0 Å². The molecule has 7 heteroatoms. The zero-order valence-electron chi connectivity index (χ0n) is 14.2. The monoisotopic (exact) mass is 362 g/mol. The molecule has 2 heterocycles. The minimum Gasteiger partial charge on any atom is -0.483 e. The number of anilines is 1. The van der Waals surface area contributed by atoms with Crippen LogP contribution in [0.2, 0.25) is 5.02 Å². The van der Waals surface area contributed by atoms with Crippen LogP contribution >= 0.6 is 11.6 Å². The highest BCUT2D eigenvalue weighted by atomic mass is 35.5. The summed E-state index contributed by atoms with van der Waals surface area (Å²) in [6, 6.07) is 10.8. The van der Waals surface area contributed by atoms with Crippen molar-refractivity contribution < 1.29 is 9.90 Å². The summed E-state index contributed by atoms with van der Waals surface area (Å²) in [5.74, 6) is 0.638. The number of carbonyl (C=O) groups is 1. The van der Waals surface area contributed by atoms with Gasteiger partial charge in [0.15, 0.2) is 0 Å². The van der Waals surface area contributed by atoms with Crippen LogP contribution in [0, 0.1) is 0 Å². The Hall–Kier alpha value is -2.18. The Morgan fingerprint density at radius 3 is 2.36 bits per heavy atom. The van der Waals surface area contributed by atoms with E-state index in [0.29, 0.717) is 11.0 Å².